The van der Waals surface area contributed by atoms with Crippen molar-refractivity contribution in [2.45, 2.75) is 50.4 Å². The minimum Gasteiger partial charge on any atom is -0.433 e. The minimum absolute atomic E-state index is 0.0615. The molecule has 1 aromatic carbocycles. The highest BCUT2D eigenvalue weighted by Crippen LogP contribution is 2.41. The van der Waals surface area contributed by atoms with Crippen LogP contribution in [0.25, 0.3) is 0 Å². The Hall–Kier alpha value is -2.36. The van der Waals surface area contributed by atoms with Crippen LogP contribution in [-0.2, 0) is 4.79 Å². The average molecular weight is 438 g/mol. The Morgan fingerprint density at radius 1 is 1.23 bits per heavy atom. The van der Waals surface area contributed by atoms with Gasteiger partial charge >= 0.3 is 6.61 Å². The van der Waals surface area contributed by atoms with Crippen LogP contribution >= 0.6 is 11.8 Å². The van der Waals surface area contributed by atoms with E-state index in [4.69, 9.17) is 0 Å². The SMILES string of the molecule is CC1CCN(c2nnc(SCC(=O)Nc3ccccc3OC(F)F)n2C2CC2)CC1. The first-order chi connectivity index (χ1) is 14.5. The third-order valence-corrected chi connectivity index (χ3v) is 6.28. The highest BCUT2D eigenvalue weighted by molar-refractivity contribution is 7.99. The highest BCUT2D eigenvalue weighted by atomic mass is 32.2. The Kier molecular flexibility index (Phi) is 6.40. The van der Waals surface area contributed by atoms with Crippen LogP contribution in [0, 0.1) is 5.92 Å². The minimum atomic E-state index is -2.95. The van der Waals surface area contributed by atoms with Crippen molar-refractivity contribution in [1.29, 1.82) is 0 Å². The van der Waals surface area contributed by atoms with Gasteiger partial charge in [-0.1, -0.05) is 30.8 Å². The van der Waals surface area contributed by atoms with Gasteiger partial charge in [0.25, 0.3) is 0 Å². The fourth-order valence-electron chi connectivity index (χ4n) is 3.53. The number of piperidine rings is 1. The van der Waals surface area contributed by atoms with Crippen LogP contribution in [0.4, 0.5) is 20.4 Å². The smallest absolute Gasteiger partial charge is 0.387 e. The standard InChI is InChI=1S/C20H25F2N5O2S/c1-13-8-10-26(11-9-13)19-24-25-20(27(19)14-6-7-14)30-12-17(28)23-15-4-2-3-5-16(15)29-18(21)22/h2-5,13-14,18H,6-12H2,1H3,(H,23,28). The number of aromatic nitrogens is 3. The van der Waals surface area contributed by atoms with E-state index in [1.54, 1.807) is 12.1 Å². The van der Waals surface area contributed by atoms with Crippen LogP contribution in [0.1, 0.15) is 38.6 Å². The first-order valence-electron chi connectivity index (χ1n) is 10.2. The van der Waals surface area contributed by atoms with Gasteiger partial charge in [-0.2, -0.15) is 8.78 Å². The van der Waals surface area contributed by atoms with Gasteiger partial charge in [0.15, 0.2) is 5.16 Å². The number of para-hydroxylation sites is 2. The second-order valence-corrected chi connectivity index (χ2v) is 8.71. The number of carbonyl (C=O) groups is 1. The Morgan fingerprint density at radius 3 is 2.67 bits per heavy atom. The highest BCUT2D eigenvalue weighted by Gasteiger charge is 2.32. The Bertz CT molecular complexity index is 882. The van der Waals surface area contributed by atoms with Crippen LogP contribution in [0.2, 0.25) is 0 Å². The molecule has 1 saturated heterocycles. The van der Waals surface area contributed by atoms with Crippen molar-refractivity contribution < 1.29 is 18.3 Å². The van der Waals surface area contributed by atoms with Crippen LogP contribution in [0.15, 0.2) is 29.4 Å². The Morgan fingerprint density at radius 2 is 1.97 bits per heavy atom. The number of carbonyl (C=O) groups excluding carboxylic acids is 1. The molecule has 162 valence electrons. The Labute approximate surface area is 178 Å². The quantitative estimate of drug-likeness (QED) is 0.625. The van der Waals surface area contributed by atoms with Crippen molar-refractivity contribution in [3.63, 3.8) is 0 Å². The third-order valence-electron chi connectivity index (χ3n) is 5.33. The molecule has 1 aliphatic heterocycles. The molecule has 2 heterocycles. The summed E-state index contributed by atoms with van der Waals surface area (Å²) >= 11 is 1.31. The van der Waals surface area contributed by atoms with Crippen molar-refractivity contribution in [1.82, 2.24) is 14.8 Å². The summed E-state index contributed by atoms with van der Waals surface area (Å²) in [5.74, 6) is 1.35. The molecule has 7 nitrogen and oxygen atoms in total. The summed E-state index contributed by atoms with van der Waals surface area (Å²) in [5.41, 5.74) is 0.218. The number of halogens is 2. The monoisotopic (exact) mass is 437 g/mol. The molecule has 2 aromatic rings. The number of ether oxygens (including phenoxy) is 1. The molecule has 1 N–H and O–H groups in total. The van der Waals surface area contributed by atoms with Crippen molar-refractivity contribution in [2.24, 2.45) is 5.92 Å². The zero-order chi connectivity index (χ0) is 21.1. The summed E-state index contributed by atoms with van der Waals surface area (Å²) in [7, 11) is 0. The molecule has 1 saturated carbocycles. The molecule has 4 rings (SSSR count). The third kappa shape index (κ3) is 5.03. The van der Waals surface area contributed by atoms with Crippen LogP contribution < -0.4 is 15.0 Å². The summed E-state index contributed by atoms with van der Waals surface area (Å²) in [6, 6.07) is 6.53. The maximum atomic E-state index is 12.5. The number of amides is 1. The fraction of sp³-hybridized carbons (Fsp3) is 0.550. The van der Waals surface area contributed by atoms with Gasteiger partial charge in [0.1, 0.15) is 5.75 Å². The van der Waals surface area contributed by atoms with Crippen LogP contribution in [-0.4, -0.2) is 46.1 Å². The first-order valence-corrected chi connectivity index (χ1v) is 11.2. The molecule has 2 fully saturated rings. The van der Waals surface area contributed by atoms with Crippen molar-refractivity contribution in [2.75, 3.05) is 29.1 Å². The number of hydrogen-bond donors (Lipinski definition) is 1. The first kappa shape index (κ1) is 20.9. The van der Waals surface area contributed by atoms with Crippen LogP contribution in [0.3, 0.4) is 0 Å². The van der Waals surface area contributed by atoms with Gasteiger partial charge in [-0.05, 0) is 43.7 Å². The van der Waals surface area contributed by atoms with E-state index >= 15 is 0 Å². The molecular formula is C20H25F2N5O2S. The maximum absolute atomic E-state index is 12.5. The van der Waals surface area contributed by atoms with Gasteiger partial charge in [0.2, 0.25) is 11.9 Å². The molecule has 30 heavy (non-hydrogen) atoms. The lowest BCUT2D eigenvalue weighted by molar-refractivity contribution is -0.113. The summed E-state index contributed by atoms with van der Waals surface area (Å²) in [6.07, 6.45) is 4.46. The predicted molar refractivity (Wildman–Crippen MR) is 111 cm³/mol. The van der Waals surface area contributed by atoms with E-state index in [-0.39, 0.29) is 23.1 Å². The fourth-order valence-corrected chi connectivity index (χ4v) is 4.33. The number of thioether (sulfide) groups is 1. The molecule has 0 radical (unpaired) electrons. The number of rotatable bonds is 8. The lowest BCUT2D eigenvalue weighted by atomic mass is 10.00. The van der Waals surface area contributed by atoms with Gasteiger partial charge in [-0.15, -0.1) is 10.2 Å². The molecular weight excluding hydrogens is 412 g/mol. The molecule has 0 unspecified atom stereocenters. The summed E-state index contributed by atoms with van der Waals surface area (Å²) < 4.78 is 31.7. The largest absolute Gasteiger partial charge is 0.433 e. The number of hydrogen-bond acceptors (Lipinski definition) is 6. The van der Waals surface area contributed by atoms with Crippen molar-refractivity contribution in [3.05, 3.63) is 24.3 Å². The molecule has 0 bridgehead atoms. The van der Waals surface area contributed by atoms with Gasteiger partial charge in [0.05, 0.1) is 11.4 Å². The maximum Gasteiger partial charge on any atom is 0.387 e. The second kappa shape index (κ2) is 9.20. The zero-order valence-electron chi connectivity index (χ0n) is 16.8. The summed E-state index contributed by atoms with van der Waals surface area (Å²) in [4.78, 5) is 14.7. The van der Waals surface area contributed by atoms with Gasteiger partial charge < -0.3 is 15.0 Å². The van der Waals surface area contributed by atoms with Gasteiger partial charge in [-0.25, -0.2) is 0 Å². The summed E-state index contributed by atoms with van der Waals surface area (Å²) in [6.45, 7) is 1.26. The van der Waals surface area contributed by atoms with E-state index in [2.05, 4.69) is 36.6 Å². The molecule has 1 amide bonds. The second-order valence-electron chi connectivity index (χ2n) is 7.76. The van der Waals surface area contributed by atoms with Crippen LogP contribution in [0.5, 0.6) is 5.75 Å². The van der Waals surface area contributed by atoms with E-state index in [9.17, 15) is 13.6 Å². The number of alkyl halides is 2. The lowest BCUT2D eigenvalue weighted by Crippen LogP contribution is -2.34. The van der Waals surface area contributed by atoms with Gasteiger partial charge in [0, 0.05) is 19.1 Å². The molecule has 0 atom stereocenters. The predicted octanol–water partition coefficient (Wildman–Crippen LogP) is 4.18. The molecule has 10 heteroatoms. The zero-order valence-corrected chi connectivity index (χ0v) is 17.6. The van der Waals surface area contributed by atoms with E-state index < -0.39 is 6.61 Å². The van der Waals surface area contributed by atoms with E-state index in [1.807, 2.05) is 0 Å². The Balaban J connectivity index is 1.40. The van der Waals surface area contributed by atoms with Gasteiger partial charge in [-0.3, -0.25) is 9.36 Å². The topological polar surface area (TPSA) is 72.3 Å². The lowest BCUT2D eigenvalue weighted by Gasteiger charge is -2.31. The number of anilines is 2. The molecule has 1 aromatic heterocycles. The van der Waals surface area contributed by atoms with E-state index in [1.165, 1.54) is 23.9 Å². The van der Waals surface area contributed by atoms with E-state index in [0.29, 0.717) is 6.04 Å². The van der Waals surface area contributed by atoms with E-state index in [0.717, 1.165) is 55.8 Å². The van der Waals surface area contributed by atoms with Crippen molar-refractivity contribution in [3.8, 4) is 5.75 Å². The average Bonchev–Trinajstić information content (AvgIpc) is 3.47. The summed E-state index contributed by atoms with van der Waals surface area (Å²) in [5, 5.41) is 12.1. The molecule has 2 aliphatic rings. The number of nitrogens with zero attached hydrogens (tertiary/aromatic N) is 4. The number of benzene rings is 1. The number of nitrogens with one attached hydrogen (secondary N) is 1. The van der Waals surface area contributed by atoms with Crippen molar-refractivity contribution >= 4 is 29.3 Å². The molecule has 1 aliphatic carbocycles. The molecule has 0 spiro atoms. The normalized spacial score (nSPS) is 17.4.